The van der Waals surface area contributed by atoms with Crippen molar-refractivity contribution in [1.82, 2.24) is 4.31 Å². The maximum absolute atomic E-state index is 13.4. The number of hydrogen-bond donors (Lipinski definition) is 1. The fourth-order valence-corrected chi connectivity index (χ4v) is 8.48. The normalized spacial score (nSPS) is 34.6. The molecule has 1 aromatic rings. The highest BCUT2D eigenvalue weighted by Gasteiger charge is 2.72. The second-order valence-electron chi connectivity index (χ2n) is 8.74. The molecule has 2 aliphatic heterocycles. The minimum atomic E-state index is -3.72. The first kappa shape index (κ1) is 17.0. The number of nitrogens with zero attached hydrogens (tertiary/aromatic N) is 1. The van der Waals surface area contributed by atoms with Gasteiger partial charge in [0.2, 0.25) is 10.0 Å². The molecule has 0 radical (unpaired) electrons. The second-order valence-corrected chi connectivity index (χ2v) is 10.6. The third-order valence-corrected chi connectivity index (χ3v) is 9.39. The van der Waals surface area contributed by atoms with E-state index >= 15 is 0 Å². The number of hydrogen-bond acceptors (Lipinski definition) is 5. The molecule has 2 saturated carbocycles. The molecule has 4 aliphatic rings. The predicted molar refractivity (Wildman–Crippen MR) is 97.9 cm³/mol. The predicted octanol–water partition coefficient (Wildman–Crippen LogP) is 2.00. The van der Waals surface area contributed by atoms with Crippen LogP contribution < -0.4 is 10.1 Å². The largest absolute Gasteiger partial charge is 0.482 e. The monoisotopic (exact) mass is 390 g/mol. The molecule has 5 rings (SSSR count). The molecule has 144 valence electrons. The molecule has 1 aromatic carbocycles. The number of benzene rings is 1. The Morgan fingerprint density at radius 2 is 2.11 bits per heavy atom. The van der Waals surface area contributed by atoms with Gasteiger partial charge in [0, 0.05) is 5.41 Å². The van der Waals surface area contributed by atoms with Gasteiger partial charge in [-0.2, -0.15) is 0 Å². The van der Waals surface area contributed by atoms with E-state index in [0.717, 1.165) is 23.6 Å². The second kappa shape index (κ2) is 5.04. The number of ether oxygens (including phenoxy) is 1. The Morgan fingerprint density at radius 1 is 1.33 bits per heavy atom. The van der Waals surface area contributed by atoms with Crippen LogP contribution in [-0.4, -0.2) is 42.9 Å². The van der Waals surface area contributed by atoms with Crippen LogP contribution in [0.5, 0.6) is 5.75 Å². The van der Waals surface area contributed by atoms with E-state index in [4.69, 9.17) is 4.74 Å². The average Bonchev–Trinajstić information content (AvgIpc) is 3.08. The summed E-state index contributed by atoms with van der Waals surface area (Å²) in [7, 11) is -3.72. The Bertz CT molecular complexity index is 986. The summed E-state index contributed by atoms with van der Waals surface area (Å²) in [4.78, 5) is 25.1. The van der Waals surface area contributed by atoms with Crippen LogP contribution in [0.2, 0.25) is 0 Å². The maximum Gasteiger partial charge on any atom is 0.269 e. The highest BCUT2D eigenvalue weighted by Crippen LogP contribution is 2.70. The smallest absolute Gasteiger partial charge is 0.269 e. The summed E-state index contributed by atoms with van der Waals surface area (Å²) in [6.45, 7) is 4.17. The Hall–Kier alpha value is -2.09. The fraction of sp³-hybridized carbons (Fsp3) is 0.579. The lowest BCUT2D eigenvalue weighted by Gasteiger charge is -2.37. The molecule has 2 aliphatic carbocycles. The molecule has 1 saturated heterocycles. The summed E-state index contributed by atoms with van der Waals surface area (Å²) < 4.78 is 32.7. The molecule has 0 aromatic heterocycles. The highest BCUT2D eigenvalue weighted by molar-refractivity contribution is 7.90. The summed E-state index contributed by atoms with van der Waals surface area (Å²) in [5, 5.41) is 2.66. The van der Waals surface area contributed by atoms with Crippen LogP contribution in [-0.2, 0) is 14.8 Å². The van der Waals surface area contributed by atoms with Gasteiger partial charge in [0.1, 0.15) is 5.75 Å². The lowest BCUT2D eigenvalue weighted by molar-refractivity contribution is -0.118. The number of rotatable bonds is 1. The summed E-state index contributed by atoms with van der Waals surface area (Å²) in [6.07, 6.45) is 2.58. The molecule has 2 heterocycles. The zero-order valence-electron chi connectivity index (χ0n) is 15.3. The number of fused-ring (bicyclic) bond motifs is 2. The minimum absolute atomic E-state index is 0.0256. The van der Waals surface area contributed by atoms with Gasteiger partial charge >= 0.3 is 0 Å². The molecular formula is C19H22N2O5S. The molecule has 2 bridgehead atoms. The van der Waals surface area contributed by atoms with Crippen molar-refractivity contribution in [2.75, 3.05) is 17.7 Å². The van der Waals surface area contributed by atoms with Crippen molar-refractivity contribution < 1.29 is 22.7 Å². The lowest BCUT2D eigenvalue weighted by atomic mass is 9.69. The van der Waals surface area contributed by atoms with Crippen LogP contribution in [0.1, 0.15) is 43.5 Å². The van der Waals surface area contributed by atoms with E-state index in [9.17, 15) is 18.0 Å². The van der Waals surface area contributed by atoms with Crippen LogP contribution in [0.4, 0.5) is 5.69 Å². The molecule has 1 spiro atoms. The molecule has 2 amide bonds. The first-order valence-electron chi connectivity index (χ1n) is 9.29. The lowest BCUT2D eigenvalue weighted by Crippen LogP contribution is -2.44. The van der Waals surface area contributed by atoms with Crippen molar-refractivity contribution in [3.8, 4) is 5.75 Å². The van der Waals surface area contributed by atoms with Crippen LogP contribution in [0.15, 0.2) is 18.2 Å². The van der Waals surface area contributed by atoms with Gasteiger partial charge in [0.25, 0.3) is 11.8 Å². The number of sulfonamides is 1. The zero-order chi connectivity index (χ0) is 19.2. The van der Waals surface area contributed by atoms with Gasteiger partial charge in [-0.1, -0.05) is 19.9 Å². The quantitative estimate of drug-likeness (QED) is 0.792. The van der Waals surface area contributed by atoms with E-state index in [-0.39, 0.29) is 46.4 Å². The fourth-order valence-electron chi connectivity index (χ4n) is 5.95. The van der Waals surface area contributed by atoms with Crippen molar-refractivity contribution in [3.05, 3.63) is 23.8 Å². The third-order valence-electron chi connectivity index (χ3n) is 7.49. The third kappa shape index (κ3) is 1.99. The summed E-state index contributed by atoms with van der Waals surface area (Å²) >= 11 is 0. The van der Waals surface area contributed by atoms with Gasteiger partial charge in [0.05, 0.1) is 23.0 Å². The number of carbonyl (C=O) groups is 2. The van der Waals surface area contributed by atoms with E-state index in [1.165, 1.54) is 0 Å². The molecule has 8 heteroatoms. The van der Waals surface area contributed by atoms with E-state index in [0.29, 0.717) is 11.7 Å². The summed E-state index contributed by atoms with van der Waals surface area (Å²) in [5.41, 5.74) is -0.0485. The SMILES string of the molecule is CC1(C)[C@H]2CC[C@@]13CS(=O)(=O)N(C(=O)c1cccc4c1NC(=O)CO4)[C@H]3C2. The van der Waals surface area contributed by atoms with Crippen molar-refractivity contribution in [2.45, 2.75) is 39.2 Å². The molecule has 3 fully saturated rings. The molecule has 0 unspecified atom stereocenters. The molecule has 1 N–H and O–H groups in total. The van der Waals surface area contributed by atoms with Gasteiger partial charge in [0.15, 0.2) is 6.61 Å². The van der Waals surface area contributed by atoms with Gasteiger partial charge in [-0.25, -0.2) is 12.7 Å². The molecule has 3 atom stereocenters. The Labute approximate surface area is 158 Å². The number of nitrogens with one attached hydrogen (secondary N) is 1. The first-order chi connectivity index (χ1) is 12.7. The van der Waals surface area contributed by atoms with Crippen LogP contribution in [0.3, 0.4) is 0 Å². The topological polar surface area (TPSA) is 92.8 Å². The van der Waals surface area contributed by atoms with Gasteiger partial charge < -0.3 is 10.1 Å². The van der Waals surface area contributed by atoms with Crippen LogP contribution in [0, 0.1) is 16.7 Å². The van der Waals surface area contributed by atoms with E-state index in [2.05, 4.69) is 19.2 Å². The van der Waals surface area contributed by atoms with Crippen molar-refractivity contribution in [1.29, 1.82) is 0 Å². The van der Waals surface area contributed by atoms with Crippen molar-refractivity contribution in [3.63, 3.8) is 0 Å². The first-order valence-corrected chi connectivity index (χ1v) is 10.9. The Morgan fingerprint density at radius 3 is 2.85 bits per heavy atom. The van der Waals surface area contributed by atoms with E-state index in [1.807, 2.05) is 0 Å². The van der Waals surface area contributed by atoms with E-state index in [1.54, 1.807) is 18.2 Å². The number of para-hydroxylation sites is 1. The Balaban J connectivity index is 1.60. The number of anilines is 1. The molecule has 27 heavy (non-hydrogen) atoms. The standard InChI is InChI=1S/C19H22N2O5S/c1-18(2)11-6-7-19(18)10-27(24,25)21(14(19)8-11)17(23)12-4-3-5-13-16(12)20-15(22)9-26-13/h3-5,11,14H,6-10H2,1-2H3,(H,20,22)/t11-,14-,19-/m0/s1. The summed E-state index contributed by atoms with van der Waals surface area (Å²) in [5.74, 6) is -0.0777. The van der Waals surface area contributed by atoms with Crippen molar-refractivity contribution in [2.24, 2.45) is 16.7 Å². The van der Waals surface area contributed by atoms with Crippen molar-refractivity contribution >= 4 is 27.5 Å². The molecular weight excluding hydrogens is 368 g/mol. The zero-order valence-corrected chi connectivity index (χ0v) is 16.1. The average molecular weight is 390 g/mol. The Kier molecular flexibility index (Phi) is 3.18. The number of carbonyl (C=O) groups excluding carboxylic acids is 2. The highest BCUT2D eigenvalue weighted by atomic mass is 32.2. The maximum atomic E-state index is 13.4. The van der Waals surface area contributed by atoms with Crippen LogP contribution in [0.25, 0.3) is 0 Å². The van der Waals surface area contributed by atoms with Crippen LogP contribution >= 0.6 is 0 Å². The summed E-state index contributed by atoms with van der Waals surface area (Å²) in [6, 6.07) is 4.55. The number of amides is 2. The van der Waals surface area contributed by atoms with Gasteiger partial charge in [-0.15, -0.1) is 0 Å². The van der Waals surface area contributed by atoms with Gasteiger partial charge in [-0.05, 0) is 42.7 Å². The van der Waals surface area contributed by atoms with E-state index < -0.39 is 15.9 Å². The van der Waals surface area contributed by atoms with Gasteiger partial charge in [-0.3, -0.25) is 9.59 Å². The minimum Gasteiger partial charge on any atom is -0.482 e. The molecule has 7 nitrogen and oxygen atoms in total.